The molecule has 2 aliphatic rings. The van der Waals surface area contributed by atoms with Crippen LogP contribution in [0.15, 0.2) is 192 Å². The van der Waals surface area contributed by atoms with Crippen molar-refractivity contribution in [3.05, 3.63) is 227 Å². The molecule has 14 rings (SSSR count). The highest BCUT2D eigenvalue weighted by Gasteiger charge is 2.52. The standard InChI is InChI=1S/C60H37F3N2O/c1-34-28-31-49(35(2)32-34)64(52-27-13-21-43-42-20-12-24-47(60(61,62)63)57(42)66-58(43)52)53-33-48-55(40-18-6-5-16-38(40)53)54-37-15-4-3-14-36(37)29-30-45(54)59(48)44-22-8-10-26-51(44)65-50-25-9-7-17-39(50)41-19-11-23-46(59)56(41)65/h3-33H,1-2H3. The van der Waals surface area contributed by atoms with E-state index in [0.29, 0.717) is 22.0 Å². The second kappa shape index (κ2) is 13.0. The second-order valence-electron chi connectivity index (χ2n) is 18.0. The lowest BCUT2D eigenvalue weighted by atomic mass is 9.65. The van der Waals surface area contributed by atoms with Gasteiger partial charge in [-0.1, -0.05) is 157 Å². The Bertz CT molecular complexity index is 4100. The number of nitrogens with zero attached hydrogens (tertiary/aromatic N) is 2. The maximum Gasteiger partial charge on any atom is 0.420 e. The van der Waals surface area contributed by atoms with Crippen molar-refractivity contribution in [3.8, 4) is 16.8 Å². The van der Waals surface area contributed by atoms with Crippen LogP contribution in [0, 0.1) is 13.8 Å². The molecular weight excluding hydrogens is 822 g/mol. The van der Waals surface area contributed by atoms with Gasteiger partial charge in [-0.05, 0) is 105 Å². The quantitative estimate of drug-likeness (QED) is 0.177. The smallest absolute Gasteiger partial charge is 0.420 e. The zero-order valence-electron chi connectivity index (χ0n) is 35.8. The lowest BCUT2D eigenvalue weighted by molar-refractivity contribution is -0.136. The van der Waals surface area contributed by atoms with Gasteiger partial charge >= 0.3 is 6.18 Å². The molecule has 6 heteroatoms. The molecule has 0 fully saturated rings. The van der Waals surface area contributed by atoms with Gasteiger partial charge in [0.1, 0.15) is 5.58 Å². The van der Waals surface area contributed by atoms with Crippen LogP contribution in [0.3, 0.4) is 0 Å². The van der Waals surface area contributed by atoms with E-state index in [9.17, 15) is 13.2 Å². The summed E-state index contributed by atoms with van der Waals surface area (Å²) in [5.74, 6) is 0. The minimum Gasteiger partial charge on any atom is -0.453 e. The van der Waals surface area contributed by atoms with Gasteiger partial charge in [0.2, 0.25) is 0 Å². The summed E-state index contributed by atoms with van der Waals surface area (Å²) in [5, 5.41) is 7.87. The first-order chi connectivity index (χ1) is 32.2. The minimum atomic E-state index is -4.60. The van der Waals surface area contributed by atoms with E-state index >= 15 is 0 Å². The number of alkyl halides is 3. The molecule has 3 heterocycles. The number of para-hydroxylation sites is 5. The molecule has 0 bridgehead atoms. The van der Waals surface area contributed by atoms with Crippen molar-refractivity contribution in [3.63, 3.8) is 0 Å². The molecule has 66 heavy (non-hydrogen) atoms. The number of aryl methyl sites for hydroxylation is 2. The van der Waals surface area contributed by atoms with Crippen molar-refractivity contribution >= 4 is 82.4 Å². The van der Waals surface area contributed by atoms with Gasteiger partial charge in [0, 0.05) is 32.6 Å². The number of furan rings is 1. The number of hydrogen-bond acceptors (Lipinski definition) is 2. The van der Waals surface area contributed by atoms with Crippen molar-refractivity contribution in [2.45, 2.75) is 25.4 Å². The van der Waals surface area contributed by atoms with Crippen LogP contribution in [0.2, 0.25) is 0 Å². The Kier molecular flexibility index (Phi) is 7.36. The zero-order valence-corrected chi connectivity index (χ0v) is 35.8. The fourth-order valence-electron chi connectivity index (χ4n) is 12.0. The highest BCUT2D eigenvalue weighted by Crippen LogP contribution is 2.65. The molecular formula is C60H37F3N2O. The summed E-state index contributed by atoms with van der Waals surface area (Å²) in [6, 6.07) is 65.2. The maximum absolute atomic E-state index is 14.7. The molecule has 12 aromatic rings. The topological polar surface area (TPSA) is 21.3 Å². The predicted octanol–water partition coefficient (Wildman–Crippen LogP) is 16.8. The van der Waals surface area contributed by atoms with Gasteiger partial charge in [0.25, 0.3) is 0 Å². The van der Waals surface area contributed by atoms with Crippen LogP contribution < -0.4 is 4.90 Å². The number of fused-ring (bicyclic) bond motifs is 19. The summed E-state index contributed by atoms with van der Waals surface area (Å²) < 4.78 is 53.0. The van der Waals surface area contributed by atoms with E-state index in [4.69, 9.17) is 4.42 Å². The Balaban J connectivity index is 1.18. The van der Waals surface area contributed by atoms with E-state index in [1.807, 2.05) is 18.2 Å². The molecule has 10 aromatic carbocycles. The summed E-state index contributed by atoms with van der Waals surface area (Å²) in [4.78, 5) is 2.23. The number of aromatic nitrogens is 1. The molecule has 0 radical (unpaired) electrons. The number of halogens is 3. The number of anilines is 3. The molecule has 1 aliphatic carbocycles. The lowest BCUT2D eigenvalue weighted by Crippen LogP contribution is -2.33. The first-order valence-electron chi connectivity index (χ1n) is 22.3. The van der Waals surface area contributed by atoms with Crippen LogP contribution in [-0.4, -0.2) is 4.57 Å². The number of rotatable bonds is 3. The molecule has 3 nitrogen and oxygen atoms in total. The lowest BCUT2D eigenvalue weighted by Gasteiger charge is -2.40. The monoisotopic (exact) mass is 858 g/mol. The predicted molar refractivity (Wildman–Crippen MR) is 263 cm³/mol. The van der Waals surface area contributed by atoms with Gasteiger partial charge in [-0.2, -0.15) is 13.2 Å². The molecule has 1 unspecified atom stereocenters. The summed E-state index contributed by atoms with van der Waals surface area (Å²) in [6.45, 7) is 4.18. The first kappa shape index (κ1) is 37.3. The third-order valence-corrected chi connectivity index (χ3v) is 14.5. The molecule has 1 aliphatic heterocycles. The van der Waals surface area contributed by atoms with E-state index < -0.39 is 17.2 Å². The van der Waals surface area contributed by atoms with Crippen molar-refractivity contribution < 1.29 is 17.6 Å². The normalized spacial score (nSPS) is 15.1. The van der Waals surface area contributed by atoms with Gasteiger partial charge in [-0.3, -0.25) is 0 Å². The average Bonchev–Trinajstić information content (AvgIpc) is 3.99. The average molecular weight is 859 g/mol. The van der Waals surface area contributed by atoms with Gasteiger partial charge in [-0.15, -0.1) is 0 Å². The molecule has 1 atom stereocenters. The summed E-state index contributed by atoms with van der Waals surface area (Å²) in [5.41, 5.74) is 13.8. The van der Waals surface area contributed by atoms with E-state index in [1.54, 1.807) is 6.07 Å². The number of benzene rings is 10. The molecule has 0 amide bonds. The van der Waals surface area contributed by atoms with Crippen LogP contribution in [-0.2, 0) is 11.6 Å². The largest absolute Gasteiger partial charge is 0.453 e. The Morgan fingerprint density at radius 1 is 0.470 bits per heavy atom. The summed E-state index contributed by atoms with van der Waals surface area (Å²) in [6.07, 6.45) is -4.60. The summed E-state index contributed by atoms with van der Waals surface area (Å²) >= 11 is 0. The fraction of sp³-hybridized carbons (Fsp3) is 0.0667. The summed E-state index contributed by atoms with van der Waals surface area (Å²) in [7, 11) is 0. The highest BCUT2D eigenvalue weighted by molar-refractivity contribution is 6.20. The minimum absolute atomic E-state index is 0.171. The SMILES string of the molecule is Cc1ccc(N(c2cc3c(c4ccccc24)-c2c(ccc4ccccc24)C32c3ccccc3-n3c4ccccc4c4cccc2c43)c2cccc3c2oc2c(C(F)(F)F)cccc23)c(C)c1. The van der Waals surface area contributed by atoms with Crippen molar-refractivity contribution in [2.24, 2.45) is 0 Å². The van der Waals surface area contributed by atoms with Crippen LogP contribution in [0.1, 0.15) is 38.9 Å². The highest BCUT2D eigenvalue weighted by atomic mass is 19.4. The van der Waals surface area contributed by atoms with Gasteiger partial charge in [-0.25, -0.2) is 0 Å². The number of hydrogen-bond donors (Lipinski definition) is 0. The van der Waals surface area contributed by atoms with Crippen molar-refractivity contribution in [2.75, 3.05) is 4.90 Å². The van der Waals surface area contributed by atoms with Crippen LogP contribution >= 0.6 is 0 Å². The fourth-order valence-corrected chi connectivity index (χ4v) is 12.0. The Morgan fingerprint density at radius 3 is 1.95 bits per heavy atom. The van der Waals surface area contributed by atoms with Crippen molar-refractivity contribution in [1.82, 2.24) is 4.57 Å². The van der Waals surface area contributed by atoms with Crippen molar-refractivity contribution in [1.29, 1.82) is 0 Å². The Hall–Kier alpha value is -8.09. The molecule has 2 aromatic heterocycles. The molecule has 1 spiro atoms. The van der Waals surface area contributed by atoms with E-state index in [1.165, 1.54) is 55.6 Å². The third-order valence-electron chi connectivity index (χ3n) is 14.5. The maximum atomic E-state index is 14.7. The van der Waals surface area contributed by atoms with E-state index in [-0.39, 0.29) is 5.58 Å². The van der Waals surface area contributed by atoms with Gasteiger partial charge in [0.15, 0.2) is 5.58 Å². The zero-order chi connectivity index (χ0) is 44.2. The molecule has 0 N–H and O–H groups in total. The molecule has 314 valence electrons. The first-order valence-corrected chi connectivity index (χ1v) is 22.3. The van der Waals surface area contributed by atoms with E-state index in [0.717, 1.165) is 61.5 Å². The van der Waals surface area contributed by atoms with E-state index in [2.05, 4.69) is 175 Å². The molecule has 0 saturated heterocycles. The third kappa shape index (κ3) is 4.67. The second-order valence-corrected chi connectivity index (χ2v) is 18.0. The Labute approximate surface area is 377 Å². The van der Waals surface area contributed by atoms with Gasteiger partial charge < -0.3 is 13.9 Å². The Morgan fingerprint density at radius 2 is 1.12 bits per heavy atom. The molecule has 0 saturated carbocycles. The van der Waals surface area contributed by atoms with Crippen LogP contribution in [0.5, 0.6) is 0 Å². The van der Waals surface area contributed by atoms with Crippen LogP contribution in [0.4, 0.5) is 30.2 Å². The van der Waals surface area contributed by atoms with Crippen LogP contribution in [0.25, 0.3) is 82.1 Å². The van der Waals surface area contributed by atoms with Gasteiger partial charge in [0.05, 0.1) is 39.1 Å².